The highest BCUT2D eigenvalue weighted by atomic mass is 19.4. The van der Waals surface area contributed by atoms with E-state index in [1.165, 1.54) is 12.1 Å². The number of halogens is 4. The Hall–Kier alpha value is -1.72. The van der Waals surface area contributed by atoms with Gasteiger partial charge in [-0.3, -0.25) is 9.59 Å². The quantitative estimate of drug-likeness (QED) is 0.605. The van der Waals surface area contributed by atoms with Crippen LogP contribution in [0.1, 0.15) is 5.56 Å². The van der Waals surface area contributed by atoms with Crippen LogP contribution in [0.4, 0.5) is 17.6 Å². The maximum Gasteiger partial charge on any atom is 0.453 e. The van der Waals surface area contributed by atoms with E-state index in [9.17, 15) is 27.2 Å². The van der Waals surface area contributed by atoms with E-state index in [1.54, 1.807) is 18.2 Å². The molecule has 1 rings (SSSR count). The van der Waals surface area contributed by atoms with Crippen LogP contribution in [0.3, 0.4) is 0 Å². The molecule has 0 aromatic heterocycles. The summed E-state index contributed by atoms with van der Waals surface area (Å²) >= 11 is 0. The van der Waals surface area contributed by atoms with Crippen LogP contribution in [0.25, 0.3) is 0 Å². The van der Waals surface area contributed by atoms with E-state index < -0.39 is 30.3 Å². The number of alkyl halides is 4. The Morgan fingerprint density at radius 3 is 2.12 bits per heavy atom. The van der Waals surface area contributed by atoms with Crippen molar-refractivity contribution < 1.29 is 27.2 Å². The number of rotatable bonds is 4. The Labute approximate surface area is 94.2 Å². The minimum absolute atomic E-state index is 0.357. The molecule has 0 heterocycles. The van der Waals surface area contributed by atoms with Crippen molar-refractivity contribution in [3.63, 3.8) is 0 Å². The zero-order valence-electron chi connectivity index (χ0n) is 8.50. The molecule has 0 N–H and O–H groups in total. The van der Waals surface area contributed by atoms with Gasteiger partial charge in [0.15, 0.2) is 5.78 Å². The average molecular weight is 248 g/mol. The number of hydrogen-bond donors (Lipinski definition) is 0. The topological polar surface area (TPSA) is 34.1 Å². The van der Waals surface area contributed by atoms with Gasteiger partial charge in [0, 0.05) is 6.42 Å². The van der Waals surface area contributed by atoms with Gasteiger partial charge in [0.2, 0.25) is 6.17 Å². The van der Waals surface area contributed by atoms with Crippen LogP contribution in [-0.2, 0) is 16.0 Å². The highest BCUT2D eigenvalue weighted by Gasteiger charge is 2.46. The Balaban J connectivity index is 2.69. The van der Waals surface area contributed by atoms with Gasteiger partial charge in [-0.2, -0.15) is 13.2 Å². The normalized spacial score (nSPS) is 13.2. The molecular formula is C11H8F4O2. The number of hydrogen-bond acceptors (Lipinski definition) is 2. The van der Waals surface area contributed by atoms with E-state index in [2.05, 4.69) is 0 Å². The molecule has 0 aliphatic rings. The monoisotopic (exact) mass is 248 g/mol. The molecule has 1 aromatic carbocycles. The van der Waals surface area contributed by atoms with E-state index in [1.807, 2.05) is 0 Å². The summed E-state index contributed by atoms with van der Waals surface area (Å²) in [6.07, 6.45) is -9.01. The van der Waals surface area contributed by atoms with Crippen LogP contribution in [0, 0.1) is 0 Å². The lowest BCUT2D eigenvalue weighted by atomic mass is 10.0. The predicted octanol–water partition coefficient (Wildman–Crippen LogP) is 2.27. The first-order valence-corrected chi connectivity index (χ1v) is 4.64. The molecule has 92 valence electrons. The van der Waals surface area contributed by atoms with E-state index >= 15 is 0 Å². The van der Waals surface area contributed by atoms with Gasteiger partial charge in [-0.15, -0.1) is 0 Å². The van der Waals surface area contributed by atoms with Gasteiger partial charge in [0.25, 0.3) is 5.78 Å². The lowest BCUT2D eigenvalue weighted by Crippen LogP contribution is -2.37. The second-order valence-electron chi connectivity index (χ2n) is 3.35. The summed E-state index contributed by atoms with van der Waals surface area (Å²) in [6.45, 7) is 0. The number of Topliss-reactive ketones (excluding diaryl/α,β-unsaturated/α-hetero) is 2. The predicted molar refractivity (Wildman–Crippen MR) is 51.1 cm³/mol. The van der Waals surface area contributed by atoms with Crippen LogP contribution < -0.4 is 0 Å². The van der Waals surface area contributed by atoms with Crippen molar-refractivity contribution in [2.75, 3.05) is 0 Å². The zero-order valence-corrected chi connectivity index (χ0v) is 8.50. The zero-order chi connectivity index (χ0) is 13.1. The van der Waals surface area contributed by atoms with Gasteiger partial charge in [-0.25, -0.2) is 4.39 Å². The number of benzene rings is 1. The summed E-state index contributed by atoms with van der Waals surface area (Å²) in [5.41, 5.74) is 0.357. The molecule has 0 saturated carbocycles. The fourth-order valence-corrected chi connectivity index (χ4v) is 1.18. The Bertz CT molecular complexity index is 411. The van der Waals surface area contributed by atoms with E-state index in [0.717, 1.165) is 0 Å². The Kier molecular flexibility index (Phi) is 3.98. The number of carbonyl (C=O) groups is 2. The lowest BCUT2D eigenvalue weighted by molar-refractivity contribution is -0.177. The highest BCUT2D eigenvalue weighted by Crippen LogP contribution is 2.20. The van der Waals surface area contributed by atoms with Crippen molar-refractivity contribution >= 4 is 11.6 Å². The van der Waals surface area contributed by atoms with E-state index in [4.69, 9.17) is 0 Å². The smallest absolute Gasteiger partial charge is 0.296 e. The molecule has 0 amide bonds. The number of ketones is 2. The van der Waals surface area contributed by atoms with Crippen LogP contribution in [0.2, 0.25) is 0 Å². The molecule has 0 aliphatic heterocycles. The van der Waals surface area contributed by atoms with Crippen LogP contribution in [0.15, 0.2) is 30.3 Å². The van der Waals surface area contributed by atoms with Crippen molar-refractivity contribution in [2.24, 2.45) is 0 Å². The molecule has 1 atom stereocenters. The Morgan fingerprint density at radius 2 is 1.65 bits per heavy atom. The van der Waals surface area contributed by atoms with E-state index in [-0.39, 0.29) is 0 Å². The van der Waals surface area contributed by atoms with Crippen LogP contribution in [-0.4, -0.2) is 23.9 Å². The third-order valence-corrected chi connectivity index (χ3v) is 2.01. The van der Waals surface area contributed by atoms with Gasteiger partial charge in [0.05, 0.1) is 0 Å². The second kappa shape index (κ2) is 5.07. The largest absolute Gasteiger partial charge is 0.453 e. The molecule has 0 fully saturated rings. The highest BCUT2D eigenvalue weighted by molar-refractivity contribution is 6.08. The first kappa shape index (κ1) is 13.3. The molecule has 1 unspecified atom stereocenters. The summed E-state index contributed by atoms with van der Waals surface area (Å²) in [6, 6.07) is 7.68. The molecular weight excluding hydrogens is 240 g/mol. The minimum atomic E-state index is -5.33. The maximum atomic E-state index is 13.0. The van der Waals surface area contributed by atoms with Gasteiger partial charge in [0.1, 0.15) is 0 Å². The molecule has 0 bridgehead atoms. The average Bonchev–Trinajstić information content (AvgIpc) is 2.27. The molecule has 0 spiro atoms. The molecule has 6 heteroatoms. The van der Waals surface area contributed by atoms with Gasteiger partial charge >= 0.3 is 6.18 Å². The van der Waals surface area contributed by atoms with Crippen molar-refractivity contribution in [2.45, 2.75) is 18.8 Å². The summed E-state index contributed by atoms with van der Waals surface area (Å²) in [5.74, 6) is -4.04. The lowest BCUT2D eigenvalue weighted by Gasteiger charge is -2.08. The molecule has 0 radical (unpaired) electrons. The number of carbonyl (C=O) groups excluding carboxylic acids is 2. The van der Waals surface area contributed by atoms with Crippen molar-refractivity contribution in [3.8, 4) is 0 Å². The summed E-state index contributed by atoms with van der Waals surface area (Å²) < 4.78 is 48.5. The van der Waals surface area contributed by atoms with Gasteiger partial charge in [-0.05, 0) is 5.56 Å². The van der Waals surface area contributed by atoms with Crippen molar-refractivity contribution in [1.29, 1.82) is 0 Å². The summed E-state index contributed by atoms with van der Waals surface area (Å²) in [4.78, 5) is 21.6. The first-order valence-electron chi connectivity index (χ1n) is 4.64. The fraction of sp³-hybridized carbons (Fsp3) is 0.273. The summed E-state index contributed by atoms with van der Waals surface area (Å²) in [7, 11) is 0. The summed E-state index contributed by atoms with van der Waals surface area (Å²) in [5, 5.41) is 0. The van der Waals surface area contributed by atoms with Crippen molar-refractivity contribution in [1.82, 2.24) is 0 Å². The standard InChI is InChI=1S/C11H8F4O2/c12-9(10(17)11(13,14)15)8(16)6-7-4-2-1-3-5-7/h1-5,9H,6H2. The molecule has 0 aliphatic carbocycles. The second-order valence-corrected chi connectivity index (χ2v) is 3.35. The van der Waals surface area contributed by atoms with Gasteiger partial charge < -0.3 is 0 Å². The first-order chi connectivity index (χ1) is 7.82. The van der Waals surface area contributed by atoms with Gasteiger partial charge in [-0.1, -0.05) is 30.3 Å². The SMILES string of the molecule is O=C(Cc1ccccc1)C(F)C(=O)C(F)(F)F. The maximum absolute atomic E-state index is 13.0. The van der Waals surface area contributed by atoms with Crippen LogP contribution in [0.5, 0.6) is 0 Å². The van der Waals surface area contributed by atoms with Crippen LogP contribution >= 0.6 is 0 Å². The van der Waals surface area contributed by atoms with E-state index in [0.29, 0.717) is 5.56 Å². The third-order valence-electron chi connectivity index (χ3n) is 2.01. The third kappa shape index (κ3) is 3.65. The molecule has 1 aromatic rings. The molecule has 0 saturated heterocycles. The molecule has 2 nitrogen and oxygen atoms in total. The molecule has 17 heavy (non-hydrogen) atoms. The minimum Gasteiger partial charge on any atom is -0.296 e. The fourth-order valence-electron chi connectivity index (χ4n) is 1.18. The van der Waals surface area contributed by atoms with Crippen molar-refractivity contribution in [3.05, 3.63) is 35.9 Å². The Morgan fingerprint density at radius 1 is 1.12 bits per heavy atom.